The predicted octanol–water partition coefficient (Wildman–Crippen LogP) is 3.32. The molecule has 162 valence electrons. The first-order valence-electron chi connectivity index (χ1n) is 10.4. The van der Waals surface area contributed by atoms with Crippen molar-refractivity contribution in [3.05, 3.63) is 47.8 Å². The minimum Gasteiger partial charge on any atom is -0.493 e. The van der Waals surface area contributed by atoms with E-state index in [9.17, 15) is 13.2 Å². The molecule has 2 aromatic rings. The number of carbonyl (C=O) groups excluding carboxylic acids is 1. The Bertz CT molecular complexity index is 939. The van der Waals surface area contributed by atoms with Gasteiger partial charge in [-0.15, -0.1) is 11.3 Å². The Morgan fingerprint density at radius 2 is 1.83 bits per heavy atom. The molecule has 4 rings (SSSR count). The molecule has 3 heterocycles. The van der Waals surface area contributed by atoms with E-state index in [4.69, 9.17) is 4.74 Å². The second-order valence-electron chi connectivity index (χ2n) is 8.15. The zero-order valence-corrected chi connectivity index (χ0v) is 18.8. The summed E-state index contributed by atoms with van der Waals surface area (Å²) < 4.78 is 33.7. The number of ether oxygens (including phenoxy) is 1. The Kier molecular flexibility index (Phi) is 6.46. The monoisotopic (exact) mass is 448 g/mol. The largest absolute Gasteiger partial charge is 0.493 e. The van der Waals surface area contributed by atoms with E-state index in [1.165, 1.54) is 11.3 Å². The third-order valence-electron chi connectivity index (χ3n) is 6.34. The molecule has 30 heavy (non-hydrogen) atoms. The van der Waals surface area contributed by atoms with Gasteiger partial charge in [0.1, 0.15) is 9.96 Å². The zero-order valence-electron chi connectivity index (χ0n) is 17.1. The molecule has 0 radical (unpaired) electrons. The van der Waals surface area contributed by atoms with Gasteiger partial charge in [-0.05, 0) is 48.3 Å². The minimum absolute atomic E-state index is 0.0971. The van der Waals surface area contributed by atoms with Crippen LogP contribution in [0.3, 0.4) is 0 Å². The Morgan fingerprint density at radius 3 is 2.47 bits per heavy atom. The number of benzene rings is 1. The lowest BCUT2D eigenvalue weighted by atomic mass is 9.79. The number of hydrogen-bond donors (Lipinski definition) is 0. The number of hydrogen-bond acceptors (Lipinski definition) is 5. The highest BCUT2D eigenvalue weighted by Gasteiger charge is 2.41. The predicted molar refractivity (Wildman–Crippen MR) is 117 cm³/mol. The Hall–Kier alpha value is -1.90. The van der Waals surface area contributed by atoms with Crippen LogP contribution in [0.2, 0.25) is 0 Å². The molecule has 0 spiro atoms. The molecule has 1 amide bonds. The fourth-order valence-electron chi connectivity index (χ4n) is 4.67. The number of nitrogens with zero attached hydrogens (tertiary/aromatic N) is 2. The van der Waals surface area contributed by atoms with Gasteiger partial charge in [-0.3, -0.25) is 4.79 Å². The summed E-state index contributed by atoms with van der Waals surface area (Å²) >= 11 is 1.27. The van der Waals surface area contributed by atoms with Crippen LogP contribution in [0.4, 0.5) is 0 Å². The smallest absolute Gasteiger partial charge is 0.252 e. The van der Waals surface area contributed by atoms with E-state index in [2.05, 4.69) is 0 Å². The highest BCUT2D eigenvalue weighted by atomic mass is 32.2. The third-order valence-corrected chi connectivity index (χ3v) is 9.61. The molecule has 0 N–H and O–H groups in total. The van der Waals surface area contributed by atoms with Gasteiger partial charge in [0.25, 0.3) is 10.0 Å². The van der Waals surface area contributed by atoms with Crippen LogP contribution < -0.4 is 4.74 Å². The molecule has 1 aromatic carbocycles. The topological polar surface area (TPSA) is 66.9 Å². The quantitative estimate of drug-likeness (QED) is 0.680. The summed E-state index contributed by atoms with van der Waals surface area (Å²) in [4.78, 5) is 13.9. The summed E-state index contributed by atoms with van der Waals surface area (Å²) in [6.45, 7) is 4.71. The molecule has 0 saturated carbocycles. The van der Waals surface area contributed by atoms with Gasteiger partial charge >= 0.3 is 0 Å². The maximum Gasteiger partial charge on any atom is 0.252 e. The maximum atomic E-state index is 12.8. The molecule has 2 fully saturated rings. The average molecular weight is 449 g/mol. The molecule has 2 atom stereocenters. The lowest BCUT2D eigenvalue weighted by molar-refractivity contribution is -0.128. The van der Waals surface area contributed by atoms with Gasteiger partial charge < -0.3 is 9.64 Å². The van der Waals surface area contributed by atoms with Crippen molar-refractivity contribution in [2.45, 2.75) is 24.0 Å². The molecule has 8 heteroatoms. The SMILES string of the molecule is CC(=O)N1CC(COc2ccccc2)C(C2CCN(S(=O)(=O)c3cccs3)CC2)C1. The summed E-state index contributed by atoms with van der Waals surface area (Å²) in [7, 11) is -3.39. The van der Waals surface area contributed by atoms with Crippen LogP contribution in [0.25, 0.3) is 0 Å². The lowest BCUT2D eigenvalue weighted by Crippen LogP contribution is -2.41. The number of carbonyl (C=O) groups is 1. The summed E-state index contributed by atoms with van der Waals surface area (Å²) in [6, 6.07) is 13.2. The first-order chi connectivity index (χ1) is 14.4. The van der Waals surface area contributed by atoms with E-state index in [-0.39, 0.29) is 11.8 Å². The van der Waals surface area contributed by atoms with Gasteiger partial charge in [0.05, 0.1) is 6.61 Å². The summed E-state index contributed by atoms with van der Waals surface area (Å²) in [5.74, 6) is 1.94. The van der Waals surface area contributed by atoms with E-state index in [1.54, 1.807) is 28.7 Å². The van der Waals surface area contributed by atoms with Gasteiger partial charge in [0.15, 0.2) is 0 Å². The number of thiophene rings is 1. The molecule has 2 unspecified atom stereocenters. The van der Waals surface area contributed by atoms with Crippen molar-refractivity contribution in [2.24, 2.45) is 17.8 Å². The molecule has 2 saturated heterocycles. The second-order valence-corrected chi connectivity index (χ2v) is 11.3. The number of sulfonamides is 1. The van der Waals surface area contributed by atoms with E-state index in [0.717, 1.165) is 25.1 Å². The number of para-hydroxylation sites is 1. The Morgan fingerprint density at radius 1 is 1.10 bits per heavy atom. The van der Waals surface area contributed by atoms with Crippen molar-refractivity contribution in [3.8, 4) is 5.75 Å². The fourth-order valence-corrected chi connectivity index (χ4v) is 7.28. The molecular weight excluding hydrogens is 420 g/mol. The van der Waals surface area contributed by atoms with Gasteiger partial charge in [0, 0.05) is 39.0 Å². The highest BCUT2D eigenvalue weighted by Crippen LogP contribution is 2.37. The number of rotatable bonds is 6. The van der Waals surface area contributed by atoms with Crippen LogP contribution in [0.15, 0.2) is 52.1 Å². The third kappa shape index (κ3) is 4.55. The highest BCUT2D eigenvalue weighted by molar-refractivity contribution is 7.91. The van der Waals surface area contributed by atoms with Crippen molar-refractivity contribution in [3.63, 3.8) is 0 Å². The first kappa shape index (κ1) is 21.3. The van der Waals surface area contributed by atoms with E-state index in [1.807, 2.05) is 35.2 Å². The van der Waals surface area contributed by atoms with Crippen molar-refractivity contribution in [2.75, 3.05) is 32.8 Å². The van der Waals surface area contributed by atoms with Crippen LogP contribution in [-0.2, 0) is 14.8 Å². The lowest BCUT2D eigenvalue weighted by Gasteiger charge is -2.35. The summed E-state index contributed by atoms with van der Waals surface area (Å²) in [6.07, 6.45) is 1.64. The van der Waals surface area contributed by atoms with E-state index >= 15 is 0 Å². The Labute approximate surface area is 182 Å². The number of piperidine rings is 1. The fraction of sp³-hybridized carbons (Fsp3) is 0.500. The van der Waals surface area contributed by atoms with E-state index < -0.39 is 10.0 Å². The van der Waals surface area contributed by atoms with Crippen molar-refractivity contribution in [1.29, 1.82) is 0 Å². The van der Waals surface area contributed by atoms with Crippen molar-refractivity contribution >= 4 is 27.3 Å². The molecule has 2 aliphatic rings. The van der Waals surface area contributed by atoms with Crippen LogP contribution in [0.1, 0.15) is 19.8 Å². The van der Waals surface area contributed by atoms with Gasteiger partial charge in [-0.1, -0.05) is 24.3 Å². The van der Waals surface area contributed by atoms with Gasteiger partial charge in [0.2, 0.25) is 5.91 Å². The van der Waals surface area contributed by atoms with Gasteiger partial charge in [-0.2, -0.15) is 4.31 Å². The van der Waals surface area contributed by atoms with Gasteiger partial charge in [-0.25, -0.2) is 8.42 Å². The first-order valence-corrected chi connectivity index (χ1v) is 12.7. The standard InChI is InChI=1S/C22H28N2O4S2/c1-17(25)23-14-19(16-28-20-6-3-2-4-7-20)21(15-23)18-9-11-24(12-10-18)30(26,27)22-8-5-13-29-22/h2-8,13,18-19,21H,9-12,14-16H2,1H3. The minimum atomic E-state index is -3.39. The molecule has 1 aromatic heterocycles. The van der Waals surface area contributed by atoms with Crippen LogP contribution in [0, 0.1) is 17.8 Å². The maximum absolute atomic E-state index is 12.8. The normalized spacial score (nSPS) is 23.6. The summed E-state index contributed by atoms with van der Waals surface area (Å²) in [5, 5.41) is 1.80. The molecule has 2 aliphatic heterocycles. The molecule has 6 nitrogen and oxygen atoms in total. The van der Waals surface area contributed by atoms with Crippen LogP contribution >= 0.6 is 11.3 Å². The number of amides is 1. The molecule has 0 bridgehead atoms. The molecular formula is C22H28N2O4S2. The Balaban J connectivity index is 1.40. The zero-order chi connectivity index (χ0) is 21.1. The second kappa shape index (κ2) is 9.08. The van der Waals surface area contributed by atoms with Crippen molar-refractivity contribution < 1.29 is 17.9 Å². The van der Waals surface area contributed by atoms with Crippen molar-refractivity contribution in [1.82, 2.24) is 9.21 Å². The van der Waals surface area contributed by atoms with Crippen LogP contribution in [-0.4, -0.2) is 56.3 Å². The van der Waals surface area contributed by atoms with Crippen LogP contribution in [0.5, 0.6) is 5.75 Å². The average Bonchev–Trinajstić information content (AvgIpc) is 3.44. The molecule has 0 aliphatic carbocycles. The van der Waals surface area contributed by atoms with E-state index in [0.29, 0.717) is 42.3 Å². The summed E-state index contributed by atoms with van der Waals surface area (Å²) in [5.41, 5.74) is 0. The number of likely N-dealkylation sites (tertiary alicyclic amines) is 1.